The number of aromatic nitrogens is 2. The van der Waals surface area contributed by atoms with Crippen molar-refractivity contribution in [3.8, 4) is 0 Å². The first-order valence-electron chi connectivity index (χ1n) is 7.10. The molecule has 1 unspecified atom stereocenters. The van der Waals surface area contributed by atoms with E-state index in [0.29, 0.717) is 6.54 Å². The highest BCUT2D eigenvalue weighted by Gasteiger charge is 2.18. The molecule has 0 amide bonds. The molecule has 0 bridgehead atoms. The van der Waals surface area contributed by atoms with Gasteiger partial charge in [0.15, 0.2) is 0 Å². The number of nitrogens with zero attached hydrogens (tertiary/aromatic N) is 3. The second kappa shape index (κ2) is 5.31. The lowest BCUT2D eigenvalue weighted by Crippen LogP contribution is -2.33. The Morgan fingerprint density at radius 2 is 2.37 bits per heavy atom. The Morgan fingerprint density at radius 1 is 1.47 bits per heavy atom. The third-order valence-corrected chi connectivity index (χ3v) is 4.05. The van der Waals surface area contributed by atoms with Crippen molar-refractivity contribution in [1.29, 1.82) is 0 Å². The summed E-state index contributed by atoms with van der Waals surface area (Å²) in [6.45, 7) is 2.98. The Bertz CT molecular complexity index is 560. The normalized spacial score (nSPS) is 21.1. The van der Waals surface area contributed by atoms with Gasteiger partial charge >= 0.3 is 0 Å². The largest absolute Gasteiger partial charge is 0.326 e. The van der Waals surface area contributed by atoms with Crippen molar-refractivity contribution >= 4 is 5.65 Å². The molecule has 1 atom stereocenters. The minimum absolute atomic E-state index is 0.549. The quantitative estimate of drug-likeness (QED) is 0.911. The van der Waals surface area contributed by atoms with E-state index < -0.39 is 0 Å². The van der Waals surface area contributed by atoms with E-state index in [9.17, 15) is 0 Å². The van der Waals surface area contributed by atoms with Gasteiger partial charge in [-0.3, -0.25) is 0 Å². The number of likely N-dealkylation sites (tertiary alicyclic amines) is 1. The van der Waals surface area contributed by atoms with Crippen LogP contribution in [-0.4, -0.2) is 34.4 Å². The second-order valence-corrected chi connectivity index (χ2v) is 5.68. The van der Waals surface area contributed by atoms with E-state index in [-0.39, 0.29) is 0 Å². The molecule has 3 heterocycles. The maximum absolute atomic E-state index is 5.77. The van der Waals surface area contributed by atoms with Crippen molar-refractivity contribution in [1.82, 2.24) is 14.3 Å². The van der Waals surface area contributed by atoms with E-state index in [1.807, 2.05) is 6.07 Å². The summed E-state index contributed by atoms with van der Waals surface area (Å²) in [5.74, 6) is 0.741. The minimum Gasteiger partial charge on any atom is -0.326 e. The van der Waals surface area contributed by atoms with Crippen molar-refractivity contribution in [2.45, 2.75) is 25.8 Å². The van der Waals surface area contributed by atoms with E-state index in [0.717, 1.165) is 23.5 Å². The van der Waals surface area contributed by atoms with Gasteiger partial charge in [-0.05, 0) is 44.8 Å². The SMILES string of the molecule is CN1CCCC(Cc2cn3cccc(CN)c3n2)C1. The molecule has 2 aromatic rings. The van der Waals surface area contributed by atoms with Crippen LogP contribution in [0.5, 0.6) is 0 Å². The van der Waals surface area contributed by atoms with Crippen molar-refractivity contribution < 1.29 is 0 Å². The number of hydrogen-bond acceptors (Lipinski definition) is 3. The summed E-state index contributed by atoms with van der Waals surface area (Å²) in [5, 5.41) is 0. The summed E-state index contributed by atoms with van der Waals surface area (Å²) in [5.41, 5.74) is 9.10. The first kappa shape index (κ1) is 12.6. The molecule has 19 heavy (non-hydrogen) atoms. The molecule has 2 aromatic heterocycles. The van der Waals surface area contributed by atoms with E-state index in [4.69, 9.17) is 10.7 Å². The van der Waals surface area contributed by atoms with E-state index >= 15 is 0 Å². The van der Waals surface area contributed by atoms with Crippen LogP contribution >= 0.6 is 0 Å². The van der Waals surface area contributed by atoms with Crippen LogP contribution in [0.25, 0.3) is 5.65 Å². The minimum atomic E-state index is 0.549. The highest BCUT2D eigenvalue weighted by atomic mass is 15.1. The molecule has 1 aliphatic rings. The van der Waals surface area contributed by atoms with Gasteiger partial charge in [0.2, 0.25) is 0 Å². The van der Waals surface area contributed by atoms with Gasteiger partial charge in [-0.1, -0.05) is 6.07 Å². The third kappa shape index (κ3) is 2.65. The zero-order chi connectivity index (χ0) is 13.2. The average molecular weight is 258 g/mol. The Kier molecular flexibility index (Phi) is 3.53. The van der Waals surface area contributed by atoms with Gasteiger partial charge in [0.25, 0.3) is 0 Å². The number of piperidine rings is 1. The lowest BCUT2D eigenvalue weighted by molar-refractivity contribution is 0.208. The lowest BCUT2D eigenvalue weighted by Gasteiger charge is -2.29. The Labute approximate surface area is 114 Å². The molecule has 0 spiro atoms. The van der Waals surface area contributed by atoms with E-state index in [1.165, 1.54) is 31.6 Å². The fourth-order valence-electron chi connectivity index (χ4n) is 3.12. The molecule has 0 saturated carbocycles. The average Bonchev–Trinajstić information content (AvgIpc) is 2.80. The van der Waals surface area contributed by atoms with Gasteiger partial charge in [0, 0.05) is 31.0 Å². The summed E-state index contributed by atoms with van der Waals surface area (Å²) in [4.78, 5) is 7.19. The molecule has 4 heteroatoms. The highest BCUT2D eigenvalue weighted by Crippen LogP contribution is 2.20. The van der Waals surface area contributed by atoms with Gasteiger partial charge < -0.3 is 15.0 Å². The van der Waals surface area contributed by atoms with Crippen LogP contribution in [0.15, 0.2) is 24.5 Å². The Morgan fingerprint density at radius 3 is 3.16 bits per heavy atom. The smallest absolute Gasteiger partial charge is 0.141 e. The summed E-state index contributed by atoms with van der Waals surface area (Å²) in [6.07, 6.45) is 7.92. The van der Waals surface area contributed by atoms with Crippen LogP contribution in [0.2, 0.25) is 0 Å². The number of pyridine rings is 1. The fraction of sp³-hybridized carbons (Fsp3) is 0.533. The van der Waals surface area contributed by atoms with Crippen LogP contribution in [0.1, 0.15) is 24.1 Å². The number of nitrogens with two attached hydrogens (primary N) is 1. The lowest BCUT2D eigenvalue weighted by atomic mass is 9.94. The van der Waals surface area contributed by atoms with Crippen LogP contribution in [0.3, 0.4) is 0 Å². The molecule has 1 aliphatic heterocycles. The molecule has 102 valence electrons. The van der Waals surface area contributed by atoms with Gasteiger partial charge in [-0.25, -0.2) is 4.98 Å². The monoisotopic (exact) mass is 258 g/mol. The molecule has 3 rings (SSSR count). The van der Waals surface area contributed by atoms with Crippen LogP contribution < -0.4 is 5.73 Å². The van der Waals surface area contributed by atoms with Crippen molar-refractivity contribution in [3.05, 3.63) is 35.8 Å². The van der Waals surface area contributed by atoms with Crippen LogP contribution in [0, 0.1) is 5.92 Å². The molecule has 2 N–H and O–H groups in total. The number of hydrogen-bond donors (Lipinski definition) is 1. The molecule has 0 aromatic carbocycles. The van der Waals surface area contributed by atoms with Crippen molar-refractivity contribution in [2.75, 3.05) is 20.1 Å². The molecule has 1 saturated heterocycles. The predicted molar refractivity (Wildman–Crippen MR) is 77.0 cm³/mol. The topological polar surface area (TPSA) is 46.6 Å². The van der Waals surface area contributed by atoms with E-state index in [2.05, 4.69) is 34.8 Å². The van der Waals surface area contributed by atoms with Crippen molar-refractivity contribution in [2.24, 2.45) is 11.7 Å². The number of fused-ring (bicyclic) bond motifs is 1. The summed E-state index contributed by atoms with van der Waals surface area (Å²) in [6, 6.07) is 4.09. The van der Waals surface area contributed by atoms with Crippen LogP contribution in [-0.2, 0) is 13.0 Å². The summed E-state index contributed by atoms with van der Waals surface area (Å²) < 4.78 is 2.10. The molecular formula is C15H22N4. The maximum atomic E-state index is 5.77. The number of rotatable bonds is 3. The second-order valence-electron chi connectivity index (χ2n) is 5.68. The zero-order valence-electron chi connectivity index (χ0n) is 11.5. The predicted octanol–water partition coefficient (Wildman–Crippen LogP) is 1.68. The van der Waals surface area contributed by atoms with Crippen LogP contribution in [0.4, 0.5) is 0 Å². The molecule has 0 radical (unpaired) electrons. The summed E-state index contributed by atoms with van der Waals surface area (Å²) in [7, 11) is 2.21. The van der Waals surface area contributed by atoms with Crippen molar-refractivity contribution in [3.63, 3.8) is 0 Å². The van der Waals surface area contributed by atoms with Gasteiger partial charge in [-0.2, -0.15) is 0 Å². The Hall–Kier alpha value is -1.39. The fourth-order valence-corrected chi connectivity index (χ4v) is 3.12. The highest BCUT2D eigenvalue weighted by molar-refractivity contribution is 5.48. The van der Waals surface area contributed by atoms with Gasteiger partial charge in [0.1, 0.15) is 5.65 Å². The Balaban J connectivity index is 1.81. The first-order chi connectivity index (χ1) is 9.26. The number of imidazole rings is 1. The maximum Gasteiger partial charge on any atom is 0.141 e. The standard InChI is InChI=1S/C15H22N4/c1-18-6-2-4-12(10-18)8-14-11-19-7-3-5-13(9-16)15(19)17-14/h3,5,7,11-12H,2,4,6,8-10,16H2,1H3. The molecule has 0 aliphatic carbocycles. The zero-order valence-corrected chi connectivity index (χ0v) is 11.5. The van der Waals surface area contributed by atoms with Gasteiger partial charge in [0.05, 0.1) is 5.69 Å². The third-order valence-electron chi connectivity index (χ3n) is 4.05. The molecule has 1 fully saturated rings. The van der Waals surface area contributed by atoms with Gasteiger partial charge in [-0.15, -0.1) is 0 Å². The summed E-state index contributed by atoms with van der Waals surface area (Å²) >= 11 is 0. The molecule has 4 nitrogen and oxygen atoms in total. The van der Waals surface area contributed by atoms with E-state index in [1.54, 1.807) is 0 Å². The molecular weight excluding hydrogens is 236 g/mol. The first-order valence-corrected chi connectivity index (χ1v) is 7.10.